The summed E-state index contributed by atoms with van der Waals surface area (Å²) in [6.45, 7) is 7.46. The van der Waals surface area contributed by atoms with E-state index in [2.05, 4.69) is 20.8 Å². The second-order valence-corrected chi connectivity index (χ2v) is 5.69. The number of rotatable bonds is 4. The number of carboxylic acid groups (broad SMARTS) is 1. The highest BCUT2D eigenvalue weighted by atomic mass is 16.4. The number of carboxylic acids is 1. The van der Waals surface area contributed by atoms with Crippen molar-refractivity contribution in [3.63, 3.8) is 0 Å². The first kappa shape index (κ1) is 14.0. The fraction of sp³-hybridized carbons (Fsp3) is 0.846. The molecular formula is C13H23NO3. The van der Waals surface area contributed by atoms with Gasteiger partial charge in [-0.1, -0.05) is 27.2 Å². The lowest BCUT2D eigenvalue weighted by atomic mass is 9.85. The van der Waals surface area contributed by atoms with Gasteiger partial charge in [-0.05, 0) is 18.3 Å². The lowest BCUT2D eigenvalue weighted by Gasteiger charge is -2.33. The van der Waals surface area contributed by atoms with Gasteiger partial charge in [0.15, 0.2) is 0 Å². The maximum Gasteiger partial charge on any atom is 0.306 e. The van der Waals surface area contributed by atoms with E-state index >= 15 is 0 Å². The zero-order valence-electron chi connectivity index (χ0n) is 11.0. The molecule has 1 fully saturated rings. The van der Waals surface area contributed by atoms with Gasteiger partial charge in [0, 0.05) is 19.5 Å². The Balaban J connectivity index is 2.44. The van der Waals surface area contributed by atoms with E-state index in [1.165, 1.54) is 0 Å². The van der Waals surface area contributed by atoms with Gasteiger partial charge in [0.25, 0.3) is 0 Å². The summed E-state index contributed by atoms with van der Waals surface area (Å²) in [6.07, 6.45) is 2.72. The Kier molecular flexibility index (Phi) is 4.54. The fourth-order valence-electron chi connectivity index (χ4n) is 2.02. The van der Waals surface area contributed by atoms with Crippen LogP contribution in [0.2, 0.25) is 0 Å². The van der Waals surface area contributed by atoms with Crippen molar-refractivity contribution in [3.05, 3.63) is 0 Å². The smallest absolute Gasteiger partial charge is 0.306 e. The van der Waals surface area contributed by atoms with Gasteiger partial charge >= 0.3 is 5.97 Å². The molecule has 0 aromatic carbocycles. The molecule has 1 amide bonds. The molecule has 1 N–H and O–H groups in total. The van der Waals surface area contributed by atoms with Crippen LogP contribution in [0.4, 0.5) is 0 Å². The van der Waals surface area contributed by atoms with Crippen molar-refractivity contribution in [3.8, 4) is 0 Å². The number of piperidine rings is 1. The van der Waals surface area contributed by atoms with Crippen LogP contribution < -0.4 is 0 Å². The van der Waals surface area contributed by atoms with Crippen molar-refractivity contribution >= 4 is 11.9 Å². The molecular weight excluding hydrogens is 218 g/mol. The van der Waals surface area contributed by atoms with E-state index < -0.39 is 5.97 Å². The Labute approximate surface area is 103 Å². The minimum atomic E-state index is -0.731. The molecule has 0 saturated carbocycles. The van der Waals surface area contributed by atoms with Crippen LogP contribution in [-0.4, -0.2) is 35.0 Å². The van der Waals surface area contributed by atoms with Gasteiger partial charge in [-0.2, -0.15) is 0 Å². The van der Waals surface area contributed by atoms with Crippen LogP contribution in [0, 0.1) is 11.3 Å². The van der Waals surface area contributed by atoms with Gasteiger partial charge in [-0.3, -0.25) is 9.59 Å². The average Bonchev–Trinajstić information content (AvgIpc) is 2.28. The molecule has 98 valence electrons. The van der Waals surface area contributed by atoms with Crippen LogP contribution >= 0.6 is 0 Å². The molecule has 4 nitrogen and oxygen atoms in total. The zero-order valence-corrected chi connectivity index (χ0v) is 11.0. The molecule has 1 aliphatic rings. The summed E-state index contributed by atoms with van der Waals surface area (Å²) in [5.41, 5.74) is 0.0424. The molecule has 1 heterocycles. The second kappa shape index (κ2) is 5.52. The Morgan fingerprint density at radius 2 is 1.82 bits per heavy atom. The lowest BCUT2D eigenvalue weighted by Crippen LogP contribution is -2.41. The van der Waals surface area contributed by atoms with E-state index in [0.29, 0.717) is 32.4 Å². The third-order valence-corrected chi connectivity index (χ3v) is 3.78. The molecule has 0 aromatic heterocycles. The van der Waals surface area contributed by atoms with Crippen molar-refractivity contribution < 1.29 is 14.7 Å². The summed E-state index contributed by atoms with van der Waals surface area (Å²) < 4.78 is 0. The molecule has 0 atom stereocenters. The second-order valence-electron chi connectivity index (χ2n) is 5.69. The van der Waals surface area contributed by atoms with E-state index in [1.54, 1.807) is 0 Å². The summed E-state index contributed by atoms with van der Waals surface area (Å²) in [5.74, 6) is -0.829. The molecule has 0 spiro atoms. The first-order valence-corrected chi connectivity index (χ1v) is 6.36. The molecule has 1 aliphatic heterocycles. The van der Waals surface area contributed by atoms with Crippen molar-refractivity contribution in [1.82, 2.24) is 4.90 Å². The first-order chi connectivity index (χ1) is 7.85. The third kappa shape index (κ3) is 4.02. The van der Waals surface area contributed by atoms with Gasteiger partial charge in [-0.25, -0.2) is 0 Å². The summed E-state index contributed by atoms with van der Waals surface area (Å²) >= 11 is 0. The molecule has 4 heteroatoms. The highest BCUT2D eigenvalue weighted by molar-refractivity contribution is 5.77. The Morgan fingerprint density at radius 3 is 2.24 bits per heavy atom. The summed E-state index contributed by atoms with van der Waals surface area (Å²) in [6, 6.07) is 0. The number of nitrogens with zero attached hydrogens (tertiary/aromatic N) is 1. The predicted molar refractivity (Wildman–Crippen MR) is 65.6 cm³/mol. The summed E-state index contributed by atoms with van der Waals surface area (Å²) in [5, 5.41) is 8.88. The Bertz CT molecular complexity index is 291. The van der Waals surface area contributed by atoms with Gasteiger partial charge < -0.3 is 10.0 Å². The number of carbonyl (C=O) groups excluding carboxylic acids is 1. The van der Waals surface area contributed by atoms with Gasteiger partial charge in [0.1, 0.15) is 0 Å². The number of amides is 1. The van der Waals surface area contributed by atoms with Crippen molar-refractivity contribution in [2.24, 2.45) is 11.3 Å². The quantitative estimate of drug-likeness (QED) is 0.820. The molecule has 1 saturated heterocycles. The topological polar surface area (TPSA) is 57.6 Å². The van der Waals surface area contributed by atoms with Crippen LogP contribution in [0.25, 0.3) is 0 Å². The van der Waals surface area contributed by atoms with E-state index in [9.17, 15) is 9.59 Å². The van der Waals surface area contributed by atoms with E-state index in [-0.39, 0.29) is 17.2 Å². The van der Waals surface area contributed by atoms with Crippen molar-refractivity contribution in [1.29, 1.82) is 0 Å². The van der Waals surface area contributed by atoms with E-state index in [0.717, 1.165) is 6.42 Å². The van der Waals surface area contributed by atoms with Crippen LogP contribution in [0.5, 0.6) is 0 Å². The maximum atomic E-state index is 12.0. The first-order valence-electron chi connectivity index (χ1n) is 6.36. The molecule has 0 aromatic rings. The number of hydrogen-bond donors (Lipinski definition) is 1. The number of carbonyl (C=O) groups is 2. The highest BCUT2D eigenvalue weighted by Gasteiger charge is 2.29. The highest BCUT2D eigenvalue weighted by Crippen LogP contribution is 2.27. The summed E-state index contributed by atoms with van der Waals surface area (Å²) in [7, 11) is 0. The largest absolute Gasteiger partial charge is 0.481 e. The number of likely N-dealkylation sites (tertiary alicyclic amines) is 1. The molecule has 0 unspecified atom stereocenters. The molecule has 0 aliphatic carbocycles. The number of hydrogen-bond acceptors (Lipinski definition) is 2. The minimum Gasteiger partial charge on any atom is -0.481 e. The maximum absolute atomic E-state index is 12.0. The van der Waals surface area contributed by atoms with Crippen LogP contribution in [-0.2, 0) is 9.59 Å². The normalized spacial score (nSPS) is 18.2. The van der Waals surface area contributed by atoms with Crippen LogP contribution in [0.1, 0.15) is 46.5 Å². The Morgan fingerprint density at radius 1 is 1.29 bits per heavy atom. The molecule has 17 heavy (non-hydrogen) atoms. The SMILES string of the molecule is CCC(C)(C)CC(=O)N1CCC(C(=O)O)CC1. The minimum absolute atomic E-state index is 0.0424. The zero-order chi connectivity index (χ0) is 13.1. The Hall–Kier alpha value is -1.06. The average molecular weight is 241 g/mol. The van der Waals surface area contributed by atoms with Crippen molar-refractivity contribution in [2.75, 3.05) is 13.1 Å². The molecule has 1 rings (SSSR count). The monoisotopic (exact) mass is 241 g/mol. The number of aliphatic carboxylic acids is 1. The molecule has 0 bridgehead atoms. The van der Waals surface area contributed by atoms with Gasteiger partial charge in [0.2, 0.25) is 5.91 Å². The van der Waals surface area contributed by atoms with Crippen molar-refractivity contribution in [2.45, 2.75) is 46.5 Å². The molecule has 0 radical (unpaired) electrons. The predicted octanol–water partition coefficient (Wildman–Crippen LogP) is 2.14. The lowest BCUT2D eigenvalue weighted by molar-refractivity contribution is -0.146. The van der Waals surface area contributed by atoms with Crippen LogP contribution in [0.3, 0.4) is 0 Å². The standard InChI is InChI=1S/C13H23NO3/c1-4-13(2,3)9-11(15)14-7-5-10(6-8-14)12(16)17/h10H,4-9H2,1-3H3,(H,16,17). The third-order valence-electron chi connectivity index (χ3n) is 3.78. The van der Waals surface area contributed by atoms with Crippen LogP contribution in [0.15, 0.2) is 0 Å². The van der Waals surface area contributed by atoms with E-state index in [4.69, 9.17) is 5.11 Å². The van der Waals surface area contributed by atoms with Gasteiger partial charge in [-0.15, -0.1) is 0 Å². The fourth-order valence-corrected chi connectivity index (χ4v) is 2.02. The van der Waals surface area contributed by atoms with Gasteiger partial charge in [0.05, 0.1) is 5.92 Å². The van der Waals surface area contributed by atoms with E-state index in [1.807, 2.05) is 4.90 Å². The summed E-state index contributed by atoms with van der Waals surface area (Å²) in [4.78, 5) is 24.6.